The van der Waals surface area contributed by atoms with Gasteiger partial charge in [0, 0.05) is 37.5 Å². The molecule has 2 heterocycles. The molecule has 4 rings (SSSR count). The van der Waals surface area contributed by atoms with Crippen molar-refractivity contribution in [2.24, 2.45) is 0 Å². The first-order valence-electron chi connectivity index (χ1n) is 8.66. The zero-order chi connectivity index (χ0) is 18.9. The molecular weight excluding hydrogens is 370 g/mol. The van der Waals surface area contributed by atoms with Crippen LogP contribution >= 0.6 is 11.6 Å². The van der Waals surface area contributed by atoms with Gasteiger partial charge >= 0.3 is 5.97 Å². The number of halogens is 1. The monoisotopic (exact) mass is 387 g/mol. The van der Waals surface area contributed by atoms with Crippen molar-refractivity contribution in [3.05, 3.63) is 53.1 Å². The van der Waals surface area contributed by atoms with Gasteiger partial charge in [0.05, 0.1) is 0 Å². The Kier molecular flexibility index (Phi) is 4.72. The van der Waals surface area contributed by atoms with E-state index in [-0.39, 0.29) is 0 Å². The largest absolute Gasteiger partial charge is 0.478 e. The standard InChI is InChI=1S/C19H18ClN3O4/c20-14-4-6-15(7-5-14)26-19(18(24)25)8-10-23(11-9-19)12-13-2-1-3-16-17(13)22-27-21-16/h1-7H,8-12H2,(H,24,25). The van der Waals surface area contributed by atoms with Crippen molar-refractivity contribution in [3.8, 4) is 5.75 Å². The van der Waals surface area contributed by atoms with Gasteiger partial charge in [-0.15, -0.1) is 0 Å². The van der Waals surface area contributed by atoms with Crippen LogP contribution in [-0.2, 0) is 11.3 Å². The van der Waals surface area contributed by atoms with Crippen LogP contribution in [0.15, 0.2) is 47.1 Å². The van der Waals surface area contributed by atoms with Crippen LogP contribution in [0.2, 0.25) is 5.02 Å². The van der Waals surface area contributed by atoms with Crippen molar-refractivity contribution >= 4 is 28.6 Å². The van der Waals surface area contributed by atoms with Gasteiger partial charge in [0.2, 0.25) is 5.60 Å². The molecule has 0 atom stereocenters. The van der Waals surface area contributed by atoms with Crippen molar-refractivity contribution in [1.29, 1.82) is 0 Å². The summed E-state index contributed by atoms with van der Waals surface area (Å²) in [6.45, 7) is 1.85. The maximum absolute atomic E-state index is 12.0. The molecule has 0 unspecified atom stereocenters. The van der Waals surface area contributed by atoms with Crippen LogP contribution in [-0.4, -0.2) is 45.0 Å². The summed E-state index contributed by atoms with van der Waals surface area (Å²) in [6.07, 6.45) is 0.774. The third-order valence-electron chi connectivity index (χ3n) is 4.94. The molecule has 0 spiro atoms. The first kappa shape index (κ1) is 17.8. The summed E-state index contributed by atoms with van der Waals surface area (Å²) in [4.78, 5) is 14.1. The molecule has 0 bridgehead atoms. The van der Waals surface area contributed by atoms with Crippen LogP contribution in [0.5, 0.6) is 5.75 Å². The normalized spacial score (nSPS) is 17.1. The van der Waals surface area contributed by atoms with Crippen molar-refractivity contribution in [2.45, 2.75) is 25.0 Å². The highest BCUT2D eigenvalue weighted by atomic mass is 35.5. The first-order chi connectivity index (χ1) is 13.1. The molecule has 3 aromatic rings. The number of fused-ring (bicyclic) bond motifs is 1. The molecule has 0 amide bonds. The average molecular weight is 388 g/mol. The van der Waals surface area contributed by atoms with Gasteiger partial charge in [-0.3, -0.25) is 4.90 Å². The molecule has 27 heavy (non-hydrogen) atoms. The number of piperidine rings is 1. The fourth-order valence-corrected chi connectivity index (χ4v) is 3.52. The van der Waals surface area contributed by atoms with E-state index >= 15 is 0 Å². The van der Waals surface area contributed by atoms with Gasteiger partial charge in [-0.1, -0.05) is 23.7 Å². The van der Waals surface area contributed by atoms with E-state index in [1.807, 2.05) is 18.2 Å². The van der Waals surface area contributed by atoms with Crippen molar-refractivity contribution < 1.29 is 19.3 Å². The summed E-state index contributed by atoms with van der Waals surface area (Å²) in [5.41, 5.74) is 1.24. The number of likely N-dealkylation sites (tertiary alicyclic amines) is 1. The van der Waals surface area contributed by atoms with Gasteiger partial charge in [-0.25, -0.2) is 9.42 Å². The topological polar surface area (TPSA) is 88.7 Å². The Balaban J connectivity index is 1.46. The van der Waals surface area contributed by atoms with Gasteiger partial charge in [0.1, 0.15) is 16.8 Å². The fourth-order valence-electron chi connectivity index (χ4n) is 3.39. The zero-order valence-corrected chi connectivity index (χ0v) is 15.2. The molecule has 8 heteroatoms. The molecular formula is C19H18ClN3O4. The molecule has 140 valence electrons. The van der Waals surface area contributed by atoms with E-state index in [0.29, 0.717) is 43.2 Å². The maximum atomic E-state index is 12.0. The van der Waals surface area contributed by atoms with E-state index in [2.05, 4.69) is 15.2 Å². The van der Waals surface area contributed by atoms with Gasteiger partial charge in [-0.05, 0) is 46.2 Å². The van der Waals surface area contributed by atoms with Crippen LogP contribution in [0.1, 0.15) is 18.4 Å². The molecule has 0 radical (unpaired) electrons. The van der Waals surface area contributed by atoms with E-state index in [4.69, 9.17) is 21.0 Å². The number of benzene rings is 2. The van der Waals surface area contributed by atoms with Gasteiger partial charge in [0.15, 0.2) is 0 Å². The molecule has 1 aliphatic heterocycles. The molecule has 7 nitrogen and oxygen atoms in total. The molecule has 1 aliphatic rings. The third-order valence-corrected chi connectivity index (χ3v) is 5.20. The number of ether oxygens (including phenoxy) is 1. The third kappa shape index (κ3) is 3.61. The summed E-state index contributed by atoms with van der Waals surface area (Å²) < 4.78 is 10.7. The lowest BCUT2D eigenvalue weighted by atomic mass is 9.90. The smallest absolute Gasteiger partial charge is 0.348 e. The molecule has 1 saturated heterocycles. The lowest BCUT2D eigenvalue weighted by molar-refractivity contribution is -0.159. The first-order valence-corrected chi connectivity index (χ1v) is 9.04. The maximum Gasteiger partial charge on any atom is 0.348 e. The quantitative estimate of drug-likeness (QED) is 0.717. The van der Waals surface area contributed by atoms with Gasteiger partial charge < -0.3 is 9.84 Å². The molecule has 1 N–H and O–H groups in total. The average Bonchev–Trinajstić information content (AvgIpc) is 3.15. The van der Waals surface area contributed by atoms with E-state index in [1.54, 1.807) is 24.3 Å². The fraction of sp³-hybridized carbons (Fsp3) is 0.316. The summed E-state index contributed by atoms with van der Waals surface area (Å²) in [5.74, 6) is -0.436. The SMILES string of the molecule is O=C(O)C1(Oc2ccc(Cl)cc2)CCN(Cc2cccc3nonc23)CC1. The highest BCUT2D eigenvalue weighted by Crippen LogP contribution is 2.31. The number of hydrogen-bond donors (Lipinski definition) is 1. The highest BCUT2D eigenvalue weighted by molar-refractivity contribution is 6.30. The van der Waals surface area contributed by atoms with Crippen LogP contribution < -0.4 is 4.74 Å². The highest BCUT2D eigenvalue weighted by Gasteiger charge is 2.44. The second-order valence-electron chi connectivity index (χ2n) is 6.68. The van der Waals surface area contributed by atoms with Crippen LogP contribution in [0.25, 0.3) is 11.0 Å². The Labute approximate surface area is 160 Å². The number of carboxylic acids is 1. The number of carbonyl (C=O) groups is 1. The van der Waals surface area contributed by atoms with Crippen molar-refractivity contribution in [2.75, 3.05) is 13.1 Å². The Bertz CT molecular complexity index is 949. The molecule has 2 aromatic carbocycles. The Morgan fingerprint density at radius 2 is 1.93 bits per heavy atom. The number of hydrogen-bond acceptors (Lipinski definition) is 6. The number of carboxylic acid groups (broad SMARTS) is 1. The van der Waals surface area contributed by atoms with Gasteiger partial charge in [-0.2, -0.15) is 0 Å². The Morgan fingerprint density at radius 1 is 1.19 bits per heavy atom. The molecule has 0 aliphatic carbocycles. The molecule has 1 aromatic heterocycles. The minimum Gasteiger partial charge on any atom is -0.478 e. The van der Waals surface area contributed by atoms with Crippen LogP contribution in [0, 0.1) is 0 Å². The lowest BCUT2D eigenvalue weighted by Gasteiger charge is -2.38. The van der Waals surface area contributed by atoms with E-state index in [1.165, 1.54) is 0 Å². The number of aromatic nitrogens is 2. The number of nitrogens with zero attached hydrogens (tertiary/aromatic N) is 3. The van der Waals surface area contributed by atoms with Crippen LogP contribution in [0.4, 0.5) is 0 Å². The van der Waals surface area contributed by atoms with E-state index < -0.39 is 11.6 Å². The van der Waals surface area contributed by atoms with E-state index in [0.717, 1.165) is 16.6 Å². The second-order valence-corrected chi connectivity index (χ2v) is 7.12. The van der Waals surface area contributed by atoms with Crippen molar-refractivity contribution in [3.63, 3.8) is 0 Å². The second kappa shape index (κ2) is 7.17. The Morgan fingerprint density at radius 3 is 2.63 bits per heavy atom. The number of aliphatic carboxylic acids is 1. The zero-order valence-electron chi connectivity index (χ0n) is 14.5. The number of rotatable bonds is 5. The van der Waals surface area contributed by atoms with Crippen LogP contribution in [0.3, 0.4) is 0 Å². The minimum atomic E-state index is -1.23. The predicted octanol–water partition coefficient (Wildman–Crippen LogP) is 3.37. The van der Waals surface area contributed by atoms with E-state index in [9.17, 15) is 9.90 Å². The summed E-state index contributed by atoms with van der Waals surface area (Å²) >= 11 is 5.89. The molecule has 1 fully saturated rings. The minimum absolute atomic E-state index is 0.387. The Hall–Kier alpha value is -2.64. The predicted molar refractivity (Wildman–Crippen MR) is 98.8 cm³/mol. The summed E-state index contributed by atoms with van der Waals surface area (Å²) in [5, 5.41) is 18.2. The van der Waals surface area contributed by atoms with Gasteiger partial charge in [0.25, 0.3) is 0 Å². The summed E-state index contributed by atoms with van der Waals surface area (Å²) in [7, 11) is 0. The molecule has 0 saturated carbocycles. The summed E-state index contributed by atoms with van der Waals surface area (Å²) in [6, 6.07) is 12.5. The van der Waals surface area contributed by atoms with Crippen molar-refractivity contribution in [1.82, 2.24) is 15.2 Å². The lowest BCUT2D eigenvalue weighted by Crippen LogP contribution is -2.53.